The fourth-order valence-electron chi connectivity index (χ4n) is 4.98. The van der Waals surface area contributed by atoms with E-state index < -0.39 is 0 Å². The van der Waals surface area contributed by atoms with Gasteiger partial charge in [0.15, 0.2) is 0 Å². The number of carbonyl (C=O) groups is 1. The number of carbonyl (C=O) groups excluding carboxylic acids is 1. The molecule has 4 rings (SSSR count). The molecule has 24 heavy (non-hydrogen) atoms. The predicted molar refractivity (Wildman–Crippen MR) is 96.9 cm³/mol. The number of hydrogen-bond acceptors (Lipinski definition) is 2. The molecule has 3 atom stereocenters. The standard InChI is InChI=1S/C21H30N2O/c1-16(24)23-13-6-5-9-20-21(23)19(18-7-3-2-4-8-18)12-14-22(20)15-17-10-11-17/h2-4,7-8,17,19-21H,5-6,9-15H2,1H3/t19-,20-,21-/m1/s1. The van der Waals surface area contributed by atoms with Gasteiger partial charge >= 0.3 is 0 Å². The van der Waals surface area contributed by atoms with E-state index in [9.17, 15) is 4.79 Å². The average molecular weight is 326 g/mol. The highest BCUT2D eigenvalue weighted by molar-refractivity contribution is 5.74. The summed E-state index contributed by atoms with van der Waals surface area (Å²) in [6.45, 7) is 5.17. The maximum atomic E-state index is 12.4. The van der Waals surface area contributed by atoms with E-state index in [2.05, 4.69) is 40.1 Å². The number of likely N-dealkylation sites (tertiary alicyclic amines) is 2. The molecule has 3 aliphatic rings. The molecule has 1 aliphatic carbocycles. The first-order chi connectivity index (χ1) is 11.7. The third kappa shape index (κ3) is 3.23. The maximum absolute atomic E-state index is 12.4. The summed E-state index contributed by atoms with van der Waals surface area (Å²) < 4.78 is 0. The van der Waals surface area contributed by atoms with E-state index in [0.717, 1.165) is 18.9 Å². The molecule has 0 radical (unpaired) electrons. The zero-order chi connectivity index (χ0) is 16.5. The van der Waals surface area contributed by atoms with Crippen molar-refractivity contribution in [3.05, 3.63) is 35.9 Å². The molecular weight excluding hydrogens is 296 g/mol. The van der Waals surface area contributed by atoms with Crippen LogP contribution in [0.5, 0.6) is 0 Å². The van der Waals surface area contributed by atoms with Crippen molar-refractivity contribution in [3.63, 3.8) is 0 Å². The normalized spacial score (nSPS) is 31.4. The highest BCUT2D eigenvalue weighted by atomic mass is 16.2. The molecule has 3 heteroatoms. The Balaban J connectivity index is 1.66. The van der Waals surface area contributed by atoms with Gasteiger partial charge in [-0.15, -0.1) is 0 Å². The molecule has 1 amide bonds. The lowest BCUT2D eigenvalue weighted by Crippen LogP contribution is -2.59. The Morgan fingerprint density at radius 2 is 1.83 bits per heavy atom. The summed E-state index contributed by atoms with van der Waals surface area (Å²) in [6.07, 6.45) is 7.67. The maximum Gasteiger partial charge on any atom is 0.219 e. The summed E-state index contributed by atoms with van der Waals surface area (Å²) in [5.74, 6) is 1.68. The predicted octanol–water partition coefficient (Wildman–Crippen LogP) is 3.66. The van der Waals surface area contributed by atoms with Crippen molar-refractivity contribution in [1.82, 2.24) is 9.80 Å². The van der Waals surface area contributed by atoms with Crippen LogP contribution in [0.4, 0.5) is 0 Å². The Kier molecular flexibility index (Phi) is 4.62. The third-order valence-electron chi connectivity index (χ3n) is 6.33. The Morgan fingerprint density at radius 3 is 2.54 bits per heavy atom. The Bertz CT molecular complexity index is 568. The van der Waals surface area contributed by atoms with Crippen molar-refractivity contribution in [3.8, 4) is 0 Å². The molecule has 0 spiro atoms. The number of amides is 1. The summed E-state index contributed by atoms with van der Waals surface area (Å²) in [4.78, 5) is 17.4. The van der Waals surface area contributed by atoms with Crippen molar-refractivity contribution in [2.45, 2.75) is 63.5 Å². The van der Waals surface area contributed by atoms with Crippen LogP contribution in [0.25, 0.3) is 0 Å². The van der Waals surface area contributed by atoms with Crippen LogP contribution >= 0.6 is 0 Å². The number of hydrogen-bond donors (Lipinski definition) is 0. The zero-order valence-corrected chi connectivity index (χ0v) is 14.9. The summed E-state index contributed by atoms with van der Waals surface area (Å²) >= 11 is 0. The van der Waals surface area contributed by atoms with E-state index in [1.807, 2.05) is 0 Å². The van der Waals surface area contributed by atoms with Crippen molar-refractivity contribution in [1.29, 1.82) is 0 Å². The largest absolute Gasteiger partial charge is 0.338 e. The summed E-state index contributed by atoms with van der Waals surface area (Å²) in [7, 11) is 0. The summed E-state index contributed by atoms with van der Waals surface area (Å²) in [5, 5.41) is 0. The molecule has 2 heterocycles. The minimum Gasteiger partial charge on any atom is -0.338 e. The number of benzene rings is 1. The van der Waals surface area contributed by atoms with Crippen molar-refractivity contribution in [2.75, 3.05) is 19.6 Å². The minimum atomic E-state index is 0.265. The molecule has 130 valence electrons. The van der Waals surface area contributed by atoms with Crippen molar-refractivity contribution in [2.24, 2.45) is 5.92 Å². The Morgan fingerprint density at radius 1 is 1.04 bits per heavy atom. The second-order valence-electron chi connectivity index (χ2n) is 8.01. The van der Waals surface area contributed by atoms with Gasteiger partial charge in [-0.05, 0) is 50.1 Å². The molecule has 1 saturated carbocycles. The lowest BCUT2D eigenvalue weighted by atomic mass is 9.78. The molecule has 0 aromatic heterocycles. The fraction of sp³-hybridized carbons (Fsp3) is 0.667. The average Bonchev–Trinajstić information content (AvgIpc) is 3.41. The number of piperidine rings is 1. The van der Waals surface area contributed by atoms with Gasteiger partial charge in [-0.3, -0.25) is 9.69 Å². The van der Waals surface area contributed by atoms with Crippen LogP contribution in [0.2, 0.25) is 0 Å². The highest BCUT2D eigenvalue weighted by Crippen LogP contribution is 2.41. The van der Waals surface area contributed by atoms with Gasteiger partial charge in [0.25, 0.3) is 0 Å². The number of fused-ring (bicyclic) bond motifs is 1. The molecule has 1 aromatic carbocycles. The van der Waals surface area contributed by atoms with Gasteiger partial charge in [0.2, 0.25) is 5.91 Å². The molecule has 2 aliphatic heterocycles. The highest BCUT2D eigenvalue weighted by Gasteiger charge is 2.44. The van der Waals surface area contributed by atoms with Crippen molar-refractivity contribution >= 4 is 5.91 Å². The first-order valence-corrected chi connectivity index (χ1v) is 9.80. The van der Waals surface area contributed by atoms with E-state index in [0.29, 0.717) is 18.0 Å². The van der Waals surface area contributed by atoms with E-state index in [1.54, 1.807) is 6.92 Å². The van der Waals surface area contributed by atoms with Gasteiger partial charge in [-0.2, -0.15) is 0 Å². The van der Waals surface area contributed by atoms with Gasteiger partial charge in [0, 0.05) is 32.0 Å². The van der Waals surface area contributed by atoms with E-state index in [-0.39, 0.29) is 5.91 Å². The molecule has 3 nitrogen and oxygen atoms in total. The van der Waals surface area contributed by atoms with Crippen LogP contribution in [0.15, 0.2) is 30.3 Å². The van der Waals surface area contributed by atoms with Crippen molar-refractivity contribution < 1.29 is 4.79 Å². The SMILES string of the molecule is CC(=O)N1CCCC[C@@H]2[C@H]1[C@@H](c1ccccc1)CCN2CC1CC1. The lowest BCUT2D eigenvalue weighted by molar-refractivity contribution is -0.134. The number of rotatable bonds is 3. The summed E-state index contributed by atoms with van der Waals surface area (Å²) in [5.41, 5.74) is 1.42. The molecule has 0 N–H and O–H groups in total. The van der Waals surface area contributed by atoms with Gasteiger partial charge in [0.05, 0.1) is 6.04 Å². The molecule has 0 bridgehead atoms. The molecule has 2 saturated heterocycles. The second-order valence-corrected chi connectivity index (χ2v) is 8.01. The van der Waals surface area contributed by atoms with Gasteiger partial charge in [-0.25, -0.2) is 0 Å². The van der Waals surface area contributed by atoms with Gasteiger partial charge in [0.1, 0.15) is 0 Å². The minimum absolute atomic E-state index is 0.265. The van der Waals surface area contributed by atoms with Crippen LogP contribution in [0.3, 0.4) is 0 Å². The Labute approximate surface area is 146 Å². The number of nitrogens with zero attached hydrogens (tertiary/aromatic N) is 2. The van der Waals surface area contributed by atoms with Gasteiger partial charge in [-0.1, -0.05) is 36.8 Å². The first-order valence-electron chi connectivity index (χ1n) is 9.80. The topological polar surface area (TPSA) is 23.6 Å². The summed E-state index contributed by atoms with van der Waals surface area (Å²) in [6, 6.07) is 11.8. The molecular formula is C21H30N2O. The molecule has 1 aromatic rings. The smallest absolute Gasteiger partial charge is 0.219 e. The van der Waals surface area contributed by atoms with Crippen LogP contribution in [-0.2, 0) is 4.79 Å². The third-order valence-corrected chi connectivity index (χ3v) is 6.33. The lowest BCUT2D eigenvalue weighted by Gasteiger charge is -2.49. The molecule has 3 fully saturated rings. The van der Waals surface area contributed by atoms with Crippen LogP contribution < -0.4 is 0 Å². The second kappa shape index (κ2) is 6.87. The Hall–Kier alpha value is -1.35. The van der Waals surface area contributed by atoms with Crippen LogP contribution in [0.1, 0.15) is 56.9 Å². The van der Waals surface area contributed by atoms with Gasteiger partial charge < -0.3 is 4.90 Å². The zero-order valence-electron chi connectivity index (χ0n) is 14.9. The van der Waals surface area contributed by atoms with E-state index >= 15 is 0 Å². The van der Waals surface area contributed by atoms with E-state index in [1.165, 1.54) is 50.8 Å². The van der Waals surface area contributed by atoms with Crippen LogP contribution in [-0.4, -0.2) is 47.4 Å². The fourth-order valence-corrected chi connectivity index (χ4v) is 4.98. The first kappa shape index (κ1) is 16.1. The monoisotopic (exact) mass is 326 g/mol. The van der Waals surface area contributed by atoms with Crippen LogP contribution in [0, 0.1) is 5.92 Å². The molecule has 0 unspecified atom stereocenters. The van der Waals surface area contributed by atoms with E-state index in [4.69, 9.17) is 0 Å². The quantitative estimate of drug-likeness (QED) is 0.846.